The average molecular weight is 260 g/mol. The molecule has 1 aliphatic carbocycles. The molecular weight excluding hydrogens is 240 g/mol. The van der Waals surface area contributed by atoms with E-state index < -0.39 is 0 Å². The SMILES string of the molecule is CN(Cc1csc2ccccc12)C(CN)C1CC1. The zero-order chi connectivity index (χ0) is 12.5. The average Bonchev–Trinajstić information content (AvgIpc) is 3.13. The number of hydrogen-bond donors (Lipinski definition) is 1. The highest BCUT2D eigenvalue weighted by Gasteiger charge is 2.32. The summed E-state index contributed by atoms with van der Waals surface area (Å²) in [5, 5.41) is 3.70. The number of nitrogens with zero attached hydrogens (tertiary/aromatic N) is 1. The number of hydrogen-bond acceptors (Lipinski definition) is 3. The van der Waals surface area contributed by atoms with Crippen molar-refractivity contribution in [1.29, 1.82) is 0 Å². The largest absolute Gasteiger partial charge is 0.329 e. The maximum Gasteiger partial charge on any atom is 0.0346 e. The van der Waals surface area contributed by atoms with E-state index in [1.807, 2.05) is 11.3 Å². The maximum atomic E-state index is 5.92. The Morgan fingerprint density at radius 2 is 2.17 bits per heavy atom. The van der Waals surface area contributed by atoms with Gasteiger partial charge >= 0.3 is 0 Å². The summed E-state index contributed by atoms with van der Waals surface area (Å²) in [6.45, 7) is 1.80. The van der Waals surface area contributed by atoms with E-state index in [4.69, 9.17) is 5.73 Å². The minimum Gasteiger partial charge on any atom is -0.329 e. The molecule has 0 aliphatic heterocycles. The second-order valence-corrected chi connectivity index (χ2v) is 6.22. The monoisotopic (exact) mass is 260 g/mol. The molecule has 1 saturated carbocycles. The molecule has 2 N–H and O–H groups in total. The Hall–Kier alpha value is -0.900. The topological polar surface area (TPSA) is 29.3 Å². The van der Waals surface area contributed by atoms with Crippen LogP contribution in [0, 0.1) is 5.92 Å². The molecule has 18 heavy (non-hydrogen) atoms. The van der Waals surface area contributed by atoms with E-state index in [0.717, 1.165) is 19.0 Å². The predicted molar refractivity (Wildman–Crippen MR) is 78.9 cm³/mol. The summed E-state index contributed by atoms with van der Waals surface area (Å²) in [5.41, 5.74) is 7.36. The summed E-state index contributed by atoms with van der Waals surface area (Å²) in [6, 6.07) is 9.22. The van der Waals surface area contributed by atoms with E-state index >= 15 is 0 Å². The van der Waals surface area contributed by atoms with Crippen LogP contribution in [0.2, 0.25) is 0 Å². The highest BCUT2D eigenvalue weighted by atomic mass is 32.1. The van der Waals surface area contributed by atoms with Gasteiger partial charge in [-0.3, -0.25) is 4.90 Å². The molecule has 0 radical (unpaired) electrons. The van der Waals surface area contributed by atoms with Crippen LogP contribution in [0.4, 0.5) is 0 Å². The molecule has 0 bridgehead atoms. The Bertz CT molecular complexity index is 530. The molecule has 0 amide bonds. The molecule has 1 aromatic heterocycles. The normalized spacial score (nSPS) is 17.5. The third kappa shape index (κ3) is 2.30. The quantitative estimate of drug-likeness (QED) is 0.895. The second kappa shape index (κ2) is 5.00. The van der Waals surface area contributed by atoms with E-state index in [9.17, 15) is 0 Å². The predicted octanol–water partition coefficient (Wildman–Crippen LogP) is 3.07. The van der Waals surface area contributed by atoms with Gasteiger partial charge in [0, 0.05) is 23.8 Å². The van der Waals surface area contributed by atoms with Gasteiger partial charge in [-0.2, -0.15) is 0 Å². The van der Waals surface area contributed by atoms with Gasteiger partial charge in [0.2, 0.25) is 0 Å². The van der Waals surface area contributed by atoms with Crippen LogP contribution >= 0.6 is 11.3 Å². The molecular formula is C15H20N2S. The number of benzene rings is 1. The van der Waals surface area contributed by atoms with Gasteiger partial charge in [0.1, 0.15) is 0 Å². The number of nitrogens with two attached hydrogens (primary N) is 1. The van der Waals surface area contributed by atoms with E-state index in [1.165, 1.54) is 28.5 Å². The molecule has 3 rings (SSSR count). The first-order valence-electron chi connectivity index (χ1n) is 6.65. The number of fused-ring (bicyclic) bond motifs is 1. The fourth-order valence-electron chi connectivity index (χ4n) is 2.75. The minimum atomic E-state index is 0.559. The Labute approximate surface area is 112 Å². The first-order valence-corrected chi connectivity index (χ1v) is 7.53. The van der Waals surface area contributed by atoms with E-state index in [-0.39, 0.29) is 0 Å². The summed E-state index contributed by atoms with van der Waals surface area (Å²) in [4.78, 5) is 2.44. The third-order valence-electron chi connectivity index (χ3n) is 3.95. The summed E-state index contributed by atoms with van der Waals surface area (Å²) in [6.07, 6.45) is 2.72. The van der Waals surface area contributed by atoms with Crippen molar-refractivity contribution >= 4 is 21.4 Å². The van der Waals surface area contributed by atoms with E-state index in [1.54, 1.807) is 0 Å². The van der Waals surface area contributed by atoms with Crippen LogP contribution in [0.3, 0.4) is 0 Å². The Morgan fingerprint density at radius 3 is 2.89 bits per heavy atom. The lowest BCUT2D eigenvalue weighted by atomic mass is 10.1. The Morgan fingerprint density at radius 1 is 1.39 bits per heavy atom. The van der Waals surface area contributed by atoms with Crippen molar-refractivity contribution in [2.24, 2.45) is 11.7 Å². The van der Waals surface area contributed by atoms with Gasteiger partial charge in [-0.05, 0) is 48.2 Å². The second-order valence-electron chi connectivity index (χ2n) is 5.31. The molecule has 0 spiro atoms. The number of likely N-dealkylation sites (N-methyl/N-ethyl adjacent to an activating group) is 1. The van der Waals surface area contributed by atoms with Crippen molar-refractivity contribution in [3.63, 3.8) is 0 Å². The fraction of sp³-hybridized carbons (Fsp3) is 0.467. The van der Waals surface area contributed by atoms with E-state index in [2.05, 4.69) is 41.6 Å². The summed E-state index contributed by atoms with van der Waals surface area (Å²) < 4.78 is 1.39. The van der Waals surface area contributed by atoms with Crippen LogP contribution in [0.15, 0.2) is 29.6 Å². The number of rotatable bonds is 5. The highest BCUT2D eigenvalue weighted by Crippen LogP contribution is 2.35. The molecule has 2 nitrogen and oxygen atoms in total. The molecule has 0 saturated heterocycles. The Kier molecular flexibility index (Phi) is 3.37. The molecule has 96 valence electrons. The molecule has 1 aliphatic rings. The van der Waals surface area contributed by atoms with Crippen LogP contribution < -0.4 is 5.73 Å². The standard InChI is InChI=1S/C15H20N2S/c1-17(14(8-16)11-6-7-11)9-12-10-18-15-5-3-2-4-13(12)15/h2-5,10-11,14H,6-9,16H2,1H3. The summed E-state index contributed by atoms with van der Waals surface area (Å²) in [5.74, 6) is 0.838. The highest BCUT2D eigenvalue weighted by molar-refractivity contribution is 7.17. The lowest BCUT2D eigenvalue weighted by molar-refractivity contribution is 0.216. The first kappa shape index (κ1) is 12.2. The van der Waals surface area contributed by atoms with Crippen molar-refractivity contribution in [1.82, 2.24) is 4.90 Å². The van der Waals surface area contributed by atoms with Crippen LogP contribution in [0.5, 0.6) is 0 Å². The Balaban J connectivity index is 1.79. The van der Waals surface area contributed by atoms with Gasteiger partial charge in [0.05, 0.1) is 0 Å². The minimum absolute atomic E-state index is 0.559. The third-order valence-corrected chi connectivity index (χ3v) is 4.97. The van der Waals surface area contributed by atoms with Crippen LogP contribution in [-0.2, 0) is 6.54 Å². The smallest absolute Gasteiger partial charge is 0.0346 e. The van der Waals surface area contributed by atoms with Crippen molar-refractivity contribution in [3.05, 3.63) is 35.2 Å². The number of thiophene rings is 1. The first-order chi connectivity index (χ1) is 8.79. The van der Waals surface area contributed by atoms with Gasteiger partial charge in [-0.1, -0.05) is 18.2 Å². The maximum absolute atomic E-state index is 5.92. The molecule has 1 fully saturated rings. The van der Waals surface area contributed by atoms with E-state index in [0.29, 0.717) is 6.04 Å². The van der Waals surface area contributed by atoms with Gasteiger partial charge in [0.25, 0.3) is 0 Å². The summed E-state index contributed by atoms with van der Waals surface area (Å²) in [7, 11) is 2.21. The molecule has 1 unspecified atom stereocenters. The van der Waals surface area contributed by atoms with Gasteiger partial charge in [-0.15, -0.1) is 11.3 Å². The molecule has 2 aromatic rings. The van der Waals surface area contributed by atoms with Crippen molar-refractivity contribution in [2.45, 2.75) is 25.4 Å². The van der Waals surface area contributed by atoms with Gasteiger partial charge in [-0.25, -0.2) is 0 Å². The molecule has 1 aromatic carbocycles. The molecule has 1 heterocycles. The van der Waals surface area contributed by atoms with Gasteiger partial charge < -0.3 is 5.73 Å². The van der Waals surface area contributed by atoms with Crippen molar-refractivity contribution in [2.75, 3.05) is 13.6 Å². The zero-order valence-corrected chi connectivity index (χ0v) is 11.6. The van der Waals surface area contributed by atoms with Crippen molar-refractivity contribution in [3.8, 4) is 0 Å². The van der Waals surface area contributed by atoms with Crippen LogP contribution in [-0.4, -0.2) is 24.5 Å². The lowest BCUT2D eigenvalue weighted by Gasteiger charge is -2.26. The van der Waals surface area contributed by atoms with Gasteiger partial charge in [0.15, 0.2) is 0 Å². The lowest BCUT2D eigenvalue weighted by Crippen LogP contribution is -2.39. The summed E-state index contributed by atoms with van der Waals surface area (Å²) >= 11 is 1.84. The van der Waals surface area contributed by atoms with Crippen molar-refractivity contribution < 1.29 is 0 Å². The fourth-order valence-corrected chi connectivity index (χ4v) is 3.71. The molecule has 1 atom stereocenters. The van der Waals surface area contributed by atoms with Crippen LogP contribution in [0.1, 0.15) is 18.4 Å². The van der Waals surface area contributed by atoms with Crippen LogP contribution in [0.25, 0.3) is 10.1 Å². The zero-order valence-electron chi connectivity index (χ0n) is 10.8. The molecule has 3 heteroatoms.